The van der Waals surface area contributed by atoms with Crippen LogP contribution in [0.15, 0.2) is 17.1 Å². The SMILES string of the molecule is Nc1ccn(C2CC(CO)[C@H](O)[C@@H]2N)c(=O)n1. The van der Waals surface area contributed by atoms with Gasteiger partial charge in [0.05, 0.1) is 18.2 Å². The van der Waals surface area contributed by atoms with Gasteiger partial charge in [0, 0.05) is 18.7 Å². The van der Waals surface area contributed by atoms with E-state index in [0.29, 0.717) is 6.42 Å². The first-order valence-electron chi connectivity index (χ1n) is 5.43. The molecule has 0 saturated heterocycles. The number of aliphatic hydroxyl groups is 2. The van der Waals surface area contributed by atoms with Crippen molar-refractivity contribution in [3.63, 3.8) is 0 Å². The van der Waals surface area contributed by atoms with Crippen LogP contribution in [0.25, 0.3) is 0 Å². The van der Waals surface area contributed by atoms with E-state index in [1.807, 2.05) is 0 Å². The van der Waals surface area contributed by atoms with Gasteiger partial charge in [0.15, 0.2) is 0 Å². The Morgan fingerprint density at radius 1 is 1.59 bits per heavy atom. The topological polar surface area (TPSA) is 127 Å². The molecule has 1 fully saturated rings. The van der Waals surface area contributed by atoms with E-state index in [9.17, 15) is 9.90 Å². The molecule has 4 atom stereocenters. The number of nitrogens with zero attached hydrogens (tertiary/aromatic N) is 2. The van der Waals surface area contributed by atoms with Crippen molar-refractivity contribution in [1.82, 2.24) is 9.55 Å². The summed E-state index contributed by atoms with van der Waals surface area (Å²) < 4.78 is 1.36. The average Bonchev–Trinajstić information content (AvgIpc) is 2.57. The Morgan fingerprint density at radius 2 is 2.29 bits per heavy atom. The Balaban J connectivity index is 2.32. The van der Waals surface area contributed by atoms with Crippen molar-refractivity contribution < 1.29 is 10.2 Å². The zero-order valence-electron chi connectivity index (χ0n) is 9.23. The molecular formula is C10H16N4O3. The molecule has 0 aliphatic heterocycles. The van der Waals surface area contributed by atoms with E-state index in [-0.39, 0.29) is 24.4 Å². The van der Waals surface area contributed by atoms with Crippen LogP contribution in [-0.4, -0.2) is 38.5 Å². The van der Waals surface area contributed by atoms with Crippen LogP contribution >= 0.6 is 0 Å². The van der Waals surface area contributed by atoms with Gasteiger partial charge in [-0.1, -0.05) is 0 Å². The van der Waals surface area contributed by atoms with Gasteiger partial charge >= 0.3 is 5.69 Å². The van der Waals surface area contributed by atoms with E-state index in [0.717, 1.165) is 0 Å². The highest BCUT2D eigenvalue weighted by molar-refractivity contribution is 5.23. The zero-order chi connectivity index (χ0) is 12.6. The van der Waals surface area contributed by atoms with Crippen molar-refractivity contribution in [3.05, 3.63) is 22.7 Å². The molecule has 0 spiro atoms. The highest BCUT2D eigenvalue weighted by Crippen LogP contribution is 2.32. The first kappa shape index (κ1) is 12.0. The summed E-state index contributed by atoms with van der Waals surface area (Å²) in [4.78, 5) is 15.3. The molecule has 7 heteroatoms. The van der Waals surface area contributed by atoms with Gasteiger partial charge in [-0.3, -0.25) is 4.57 Å². The number of nitrogen functional groups attached to an aromatic ring is 1. The molecule has 1 aromatic rings. The molecule has 94 valence electrons. The number of hydrogen-bond acceptors (Lipinski definition) is 6. The molecule has 0 radical (unpaired) electrons. The third kappa shape index (κ3) is 2.04. The molecule has 7 nitrogen and oxygen atoms in total. The van der Waals surface area contributed by atoms with Crippen LogP contribution in [0.3, 0.4) is 0 Å². The maximum Gasteiger partial charge on any atom is 0.349 e. The minimum Gasteiger partial charge on any atom is -0.396 e. The van der Waals surface area contributed by atoms with Crippen LogP contribution in [0, 0.1) is 5.92 Å². The third-order valence-corrected chi connectivity index (χ3v) is 3.31. The summed E-state index contributed by atoms with van der Waals surface area (Å²) in [5, 5.41) is 18.9. The summed E-state index contributed by atoms with van der Waals surface area (Å²) in [5.41, 5.74) is 10.8. The molecule has 17 heavy (non-hydrogen) atoms. The number of rotatable bonds is 2. The highest BCUT2D eigenvalue weighted by Gasteiger charge is 2.41. The van der Waals surface area contributed by atoms with Crippen LogP contribution in [0.4, 0.5) is 5.82 Å². The fourth-order valence-electron chi connectivity index (χ4n) is 2.31. The van der Waals surface area contributed by atoms with Gasteiger partial charge in [-0.05, 0) is 12.5 Å². The average molecular weight is 240 g/mol. The number of anilines is 1. The van der Waals surface area contributed by atoms with Gasteiger partial charge in [-0.25, -0.2) is 4.79 Å². The number of aromatic nitrogens is 2. The second kappa shape index (κ2) is 4.44. The molecule has 2 unspecified atom stereocenters. The lowest BCUT2D eigenvalue weighted by molar-refractivity contribution is 0.0800. The number of aliphatic hydroxyl groups excluding tert-OH is 2. The number of hydrogen-bond donors (Lipinski definition) is 4. The third-order valence-electron chi connectivity index (χ3n) is 3.31. The van der Waals surface area contributed by atoms with Gasteiger partial charge in [0.25, 0.3) is 0 Å². The first-order valence-corrected chi connectivity index (χ1v) is 5.43. The van der Waals surface area contributed by atoms with Crippen LogP contribution in [0.5, 0.6) is 0 Å². The maximum absolute atomic E-state index is 11.6. The summed E-state index contributed by atoms with van der Waals surface area (Å²) in [6, 6.07) is 0.560. The fraction of sp³-hybridized carbons (Fsp3) is 0.600. The molecule has 1 aliphatic carbocycles. The lowest BCUT2D eigenvalue weighted by Crippen LogP contribution is -2.41. The molecule has 6 N–H and O–H groups in total. The minimum atomic E-state index is -0.811. The molecular weight excluding hydrogens is 224 g/mol. The van der Waals surface area contributed by atoms with Crippen molar-refractivity contribution in [2.24, 2.45) is 11.7 Å². The van der Waals surface area contributed by atoms with Crippen molar-refractivity contribution >= 4 is 5.82 Å². The minimum absolute atomic E-state index is 0.150. The van der Waals surface area contributed by atoms with Crippen molar-refractivity contribution in [1.29, 1.82) is 0 Å². The van der Waals surface area contributed by atoms with Crippen molar-refractivity contribution in [2.75, 3.05) is 12.3 Å². The fourth-order valence-corrected chi connectivity index (χ4v) is 2.31. The highest BCUT2D eigenvalue weighted by atomic mass is 16.3. The van der Waals surface area contributed by atoms with E-state index in [2.05, 4.69) is 4.98 Å². The Bertz CT molecular complexity index is 461. The van der Waals surface area contributed by atoms with Gasteiger partial charge in [-0.15, -0.1) is 0 Å². The van der Waals surface area contributed by atoms with Crippen LogP contribution < -0.4 is 17.2 Å². The Labute approximate surface area is 97.7 Å². The molecule has 1 aromatic heterocycles. The van der Waals surface area contributed by atoms with Crippen molar-refractivity contribution in [3.8, 4) is 0 Å². The van der Waals surface area contributed by atoms with Crippen LogP contribution in [0.2, 0.25) is 0 Å². The summed E-state index contributed by atoms with van der Waals surface area (Å²) in [5.74, 6) is -0.156. The summed E-state index contributed by atoms with van der Waals surface area (Å²) in [7, 11) is 0. The Kier molecular flexibility index (Phi) is 3.14. The standard InChI is InChI=1S/C10H16N4O3/c11-7-1-2-14(10(17)13-7)6-3-5(4-15)9(16)8(6)12/h1-2,5-6,8-9,15-16H,3-4,12H2,(H2,11,13,17)/t5?,6?,8-,9+/m1/s1. The lowest BCUT2D eigenvalue weighted by Gasteiger charge is -2.19. The molecule has 1 aliphatic rings. The summed E-state index contributed by atoms with van der Waals surface area (Å²) >= 11 is 0. The molecule has 0 bridgehead atoms. The first-order chi connectivity index (χ1) is 8.04. The zero-order valence-corrected chi connectivity index (χ0v) is 9.23. The van der Waals surface area contributed by atoms with E-state index in [1.54, 1.807) is 0 Å². The van der Waals surface area contributed by atoms with Gasteiger partial charge in [0.2, 0.25) is 0 Å². The second-order valence-corrected chi connectivity index (χ2v) is 4.36. The molecule has 0 aromatic carbocycles. The van der Waals surface area contributed by atoms with E-state index >= 15 is 0 Å². The summed E-state index contributed by atoms with van der Waals surface area (Å²) in [6.07, 6.45) is 1.15. The lowest BCUT2D eigenvalue weighted by atomic mass is 10.1. The largest absolute Gasteiger partial charge is 0.396 e. The van der Waals surface area contributed by atoms with E-state index in [4.69, 9.17) is 16.6 Å². The van der Waals surface area contributed by atoms with E-state index < -0.39 is 17.8 Å². The second-order valence-electron chi connectivity index (χ2n) is 4.36. The Hall–Kier alpha value is -1.44. The number of nitrogens with two attached hydrogens (primary N) is 2. The Morgan fingerprint density at radius 3 is 2.82 bits per heavy atom. The van der Waals surface area contributed by atoms with Gasteiger partial charge < -0.3 is 21.7 Å². The molecule has 1 heterocycles. The maximum atomic E-state index is 11.6. The van der Waals surface area contributed by atoms with E-state index in [1.165, 1.54) is 16.8 Å². The van der Waals surface area contributed by atoms with Gasteiger partial charge in [-0.2, -0.15) is 4.98 Å². The van der Waals surface area contributed by atoms with Gasteiger partial charge in [0.1, 0.15) is 5.82 Å². The normalized spacial score (nSPS) is 32.9. The summed E-state index contributed by atoms with van der Waals surface area (Å²) in [6.45, 7) is -0.150. The predicted octanol–water partition coefficient (Wildman–Crippen LogP) is -1.93. The van der Waals surface area contributed by atoms with Crippen molar-refractivity contribution in [2.45, 2.75) is 24.6 Å². The molecule has 0 amide bonds. The monoisotopic (exact) mass is 240 g/mol. The van der Waals surface area contributed by atoms with Crippen LogP contribution in [0.1, 0.15) is 12.5 Å². The smallest absolute Gasteiger partial charge is 0.349 e. The van der Waals surface area contributed by atoms with Crippen LogP contribution in [-0.2, 0) is 0 Å². The molecule has 2 rings (SSSR count). The molecule has 1 saturated carbocycles. The quantitative estimate of drug-likeness (QED) is 0.476. The predicted molar refractivity (Wildman–Crippen MR) is 61.1 cm³/mol.